The Bertz CT molecular complexity index is 842. The minimum absolute atomic E-state index is 0.299. The minimum atomic E-state index is 0.299. The molecule has 0 amide bonds. The van der Waals surface area contributed by atoms with Crippen LogP contribution in [0.1, 0.15) is 19.5 Å². The summed E-state index contributed by atoms with van der Waals surface area (Å²) in [5.74, 6) is 0. The Morgan fingerprint density at radius 1 is 0.957 bits per heavy atom. The molecule has 2 heteroatoms. The zero-order valence-electron chi connectivity index (χ0n) is 13.4. The van der Waals surface area contributed by atoms with Gasteiger partial charge >= 0.3 is 0 Å². The molecule has 1 radical (unpaired) electrons. The van der Waals surface area contributed by atoms with Crippen LogP contribution in [0, 0.1) is 11.6 Å². The van der Waals surface area contributed by atoms with Gasteiger partial charge in [0.2, 0.25) is 0 Å². The van der Waals surface area contributed by atoms with Gasteiger partial charge in [-0.05, 0) is 35.1 Å². The van der Waals surface area contributed by atoms with Crippen molar-refractivity contribution in [1.29, 1.82) is 0 Å². The lowest BCUT2D eigenvalue weighted by molar-refractivity contribution is 0.358. The number of aromatic nitrogens is 1. The van der Waals surface area contributed by atoms with Gasteiger partial charge in [-0.25, -0.2) is 0 Å². The van der Waals surface area contributed by atoms with Crippen LogP contribution in [0.2, 0.25) is 5.02 Å². The van der Waals surface area contributed by atoms with Gasteiger partial charge in [0, 0.05) is 28.4 Å². The van der Waals surface area contributed by atoms with Gasteiger partial charge in [-0.3, -0.25) is 0 Å². The topological polar surface area (TPSA) is 4.93 Å². The van der Waals surface area contributed by atoms with Crippen LogP contribution in [0.15, 0.2) is 54.6 Å². The lowest BCUT2D eigenvalue weighted by atomic mass is 9.87. The summed E-state index contributed by atoms with van der Waals surface area (Å²) >= 11 is 6.05. The number of benzene rings is 2. The van der Waals surface area contributed by atoms with Crippen LogP contribution in [0.25, 0.3) is 22.3 Å². The molecule has 4 rings (SSSR count). The first kappa shape index (κ1) is 14.6. The Kier molecular flexibility index (Phi) is 3.35. The molecule has 1 aliphatic rings. The van der Waals surface area contributed by atoms with Gasteiger partial charge in [0.15, 0.2) is 0 Å². The van der Waals surface area contributed by atoms with Crippen molar-refractivity contribution in [2.75, 3.05) is 0 Å². The third-order valence-corrected chi connectivity index (χ3v) is 4.79. The maximum absolute atomic E-state index is 6.05. The molecule has 0 N–H and O–H groups in total. The maximum atomic E-state index is 6.05. The first-order chi connectivity index (χ1) is 11.0. The van der Waals surface area contributed by atoms with Crippen LogP contribution < -0.4 is 0 Å². The highest BCUT2D eigenvalue weighted by molar-refractivity contribution is 6.30. The van der Waals surface area contributed by atoms with E-state index < -0.39 is 0 Å². The summed E-state index contributed by atoms with van der Waals surface area (Å²) in [5.41, 5.74) is 6.63. The van der Waals surface area contributed by atoms with Crippen molar-refractivity contribution in [1.82, 2.24) is 4.57 Å². The molecule has 115 valence electrons. The van der Waals surface area contributed by atoms with Crippen molar-refractivity contribution in [3.8, 4) is 22.3 Å². The van der Waals surface area contributed by atoms with E-state index in [9.17, 15) is 0 Å². The Labute approximate surface area is 142 Å². The molecule has 0 fully saturated rings. The molecule has 0 atom stereocenters. The summed E-state index contributed by atoms with van der Waals surface area (Å²) in [6, 6.07) is 18.7. The fraction of sp³-hybridized carbons (Fsp3) is 0.238. The van der Waals surface area contributed by atoms with Crippen molar-refractivity contribution in [3.05, 3.63) is 71.5 Å². The third-order valence-electron chi connectivity index (χ3n) is 4.54. The largest absolute Gasteiger partial charge is 0.342 e. The molecule has 1 aromatic heterocycles. The molecule has 2 aromatic carbocycles. The predicted octanol–water partition coefficient (Wildman–Crippen LogP) is 5.86. The third kappa shape index (κ3) is 2.60. The van der Waals surface area contributed by atoms with E-state index in [4.69, 9.17) is 11.6 Å². The fourth-order valence-corrected chi connectivity index (χ4v) is 3.66. The summed E-state index contributed by atoms with van der Waals surface area (Å²) in [6.45, 7) is 5.67. The normalized spacial score (nSPS) is 15.6. The predicted molar refractivity (Wildman–Crippen MR) is 96.6 cm³/mol. The Balaban J connectivity index is 1.93. The highest BCUT2D eigenvalue weighted by Crippen LogP contribution is 2.43. The average molecular weight is 321 g/mol. The summed E-state index contributed by atoms with van der Waals surface area (Å²) < 4.78 is 2.31. The van der Waals surface area contributed by atoms with Gasteiger partial charge in [0.25, 0.3) is 0 Å². The summed E-state index contributed by atoms with van der Waals surface area (Å²) in [4.78, 5) is 0. The van der Waals surface area contributed by atoms with E-state index in [0.717, 1.165) is 18.0 Å². The van der Waals surface area contributed by atoms with E-state index in [-0.39, 0.29) is 0 Å². The van der Waals surface area contributed by atoms with E-state index in [0.29, 0.717) is 5.41 Å². The van der Waals surface area contributed by atoms with Crippen LogP contribution in [0.4, 0.5) is 0 Å². The molecule has 0 saturated heterocycles. The van der Waals surface area contributed by atoms with Gasteiger partial charge < -0.3 is 4.57 Å². The van der Waals surface area contributed by atoms with Crippen LogP contribution in [-0.2, 0) is 13.0 Å². The molecule has 0 aliphatic carbocycles. The minimum Gasteiger partial charge on any atom is -0.342 e. The van der Waals surface area contributed by atoms with E-state index in [1.54, 1.807) is 0 Å². The molecule has 0 spiro atoms. The standard InChI is InChI=1S/C21H19ClN/c1-21(2)12-19-20(16-6-4-3-5-7-16)18(13-23(19)14-21)15-8-10-17(22)11-9-15/h3-11H,12,14H2,1-2H3. The zero-order valence-corrected chi connectivity index (χ0v) is 14.2. The van der Waals surface area contributed by atoms with E-state index in [1.807, 2.05) is 12.1 Å². The van der Waals surface area contributed by atoms with Crippen LogP contribution in [0.3, 0.4) is 0 Å². The maximum Gasteiger partial charge on any atom is 0.0743 e. The van der Waals surface area contributed by atoms with Gasteiger partial charge in [-0.2, -0.15) is 0 Å². The lowest BCUT2D eigenvalue weighted by Gasteiger charge is -2.16. The fourth-order valence-electron chi connectivity index (χ4n) is 3.53. The molecule has 0 unspecified atom stereocenters. The average Bonchev–Trinajstić information content (AvgIpc) is 3.00. The molecule has 23 heavy (non-hydrogen) atoms. The Morgan fingerprint density at radius 3 is 2.35 bits per heavy atom. The van der Waals surface area contributed by atoms with E-state index in [1.165, 1.54) is 27.9 Å². The molecule has 2 heterocycles. The van der Waals surface area contributed by atoms with Crippen molar-refractivity contribution in [2.45, 2.75) is 26.8 Å². The zero-order chi connectivity index (χ0) is 16.0. The van der Waals surface area contributed by atoms with Gasteiger partial charge in [0.05, 0.1) is 6.20 Å². The van der Waals surface area contributed by atoms with Crippen LogP contribution >= 0.6 is 11.6 Å². The summed E-state index contributed by atoms with van der Waals surface area (Å²) in [7, 11) is 0. The molecule has 0 bridgehead atoms. The second-order valence-electron chi connectivity index (χ2n) is 7.11. The molecular weight excluding hydrogens is 302 g/mol. The summed E-state index contributed by atoms with van der Waals surface area (Å²) in [5, 5.41) is 0.767. The molecule has 1 nitrogen and oxygen atoms in total. The monoisotopic (exact) mass is 320 g/mol. The van der Waals surface area contributed by atoms with Gasteiger partial charge in [0.1, 0.15) is 0 Å². The molecule has 1 aliphatic heterocycles. The van der Waals surface area contributed by atoms with Crippen LogP contribution in [0.5, 0.6) is 0 Å². The van der Waals surface area contributed by atoms with Crippen molar-refractivity contribution < 1.29 is 0 Å². The van der Waals surface area contributed by atoms with Crippen LogP contribution in [-0.4, -0.2) is 4.57 Å². The number of hydrogen-bond donors (Lipinski definition) is 0. The van der Waals surface area contributed by atoms with E-state index in [2.05, 4.69) is 67.1 Å². The number of halogens is 1. The molecule has 0 saturated carbocycles. The van der Waals surface area contributed by atoms with Gasteiger partial charge in [-0.15, -0.1) is 0 Å². The molecule has 3 aromatic rings. The first-order valence-corrected chi connectivity index (χ1v) is 8.37. The van der Waals surface area contributed by atoms with Crippen molar-refractivity contribution in [3.63, 3.8) is 0 Å². The Morgan fingerprint density at radius 2 is 1.65 bits per heavy atom. The van der Waals surface area contributed by atoms with E-state index >= 15 is 0 Å². The highest BCUT2D eigenvalue weighted by Gasteiger charge is 2.32. The quantitative estimate of drug-likeness (QED) is 0.557. The summed E-state index contributed by atoms with van der Waals surface area (Å²) in [6.07, 6.45) is 4.71. The second kappa shape index (κ2) is 5.28. The number of rotatable bonds is 2. The Hall–Kier alpha value is -1.99. The molecular formula is C21H19ClN. The first-order valence-electron chi connectivity index (χ1n) is 8.00. The number of hydrogen-bond acceptors (Lipinski definition) is 0. The second-order valence-corrected chi connectivity index (χ2v) is 7.54. The van der Waals surface area contributed by atoms with Crippen molar-refractivity contribution >= 4 is 11.6 Å². The van der Waals surface area contributed by atoms with Gasteiger partial charge in [-0.1, -0.05) is 67.9 Å². The lowest BCUT2D eigenvalue weighted by Crippen LogP contribution is -2.12. The smallest absolute Gasteiger partial charge is 0.0743 e. The SMILES string of the molecule is CC1(C)Cc2c(-c3ccccc3)c(-c3ccc(Cl)cc3)[c]n2C1. The number of fused-ring (bicyclic) bond motifs is 1. The van der Waals surface area contributed by atoms with Crippen molar-refractivity contribution in [2.24, 2.45) is 5.41 Å². The highest BCUT2D eigenvalue weighted by atomic mass is 35.5. The number of nitrogens with zero attached hydrogens (tertiary/aromatic N) is 1.